The molecule has 0 aliphatic heterocycles. The van der Waals surface area contributed by atoms with E-state index in [9.17, 15) is 9.50 Å². The predicted molar refractivity (Wildman–Crippen MR) is 76.4 cm³/mol. The van der Waals surface area contributed by atoms with E-state index in [4.69, 9.17) is 0 Å². The molecule has 1 heterocycles. The summed E-state index contributed by atoms with van der Waals surface area (Å²) >= 11 is 5.01. The summed E-state index contributed by atoms with van der Waals surface area (Å²) in [6.07, 6.45) is 0. The van der Waals surface area contributed by atoms with E-state index < -0.39 is 0 Å². The van der Waals surface area contributed by atoms with Gasteiger partial charge in [0.15, 0.2) is 0 Å². The van der Waals surface area contributed by atoms with Crippen LogP contribution in [0.25, 0.3) is 0 Å². The molecule has 96 valence electrons. The van der Waals surface area contributed by atoms with Crippen molar-refractivity contribution >= 4 is 33.0 Å². The Bertz CT molecular complexity index is 544. The van der Waals surface area contributed by atoms with Crippen molar-refractivity contribution in [2.24, 2.45) is 0 Å². The first-order chi connectivity index (χ1) is 8.61. The summed E-state index contributed by atoms with van der Waals surface area (Å²) in [5.41, 5.74) is 2.18. The van der Waals surface area contributed by atoms with Gasteiger partial charge >= 0.3 is 0 Å². The van der Waals surface area contributed by atoms with E-state index >= 15 is 0 Å². The Hall–Kier alpha value is -0.910. The fourth-order valence-corrected chi connectivity index (χ4v) is 3.10. The summed E-state index contributed by atoms with van der Waals surface area (Å²) in [6.45, 7) is 0.445. The molecule has 1 aromatic heterocycles. The number of hydrogen-bond acceptors (Lipinski definition) is 3. The van der Waals surface area contributed by atoms with Gasteiger partial charge in [-0.2, -0.15) is 0 Å². The zero-order valence-corrected chi connectivity index (χ0v) is 12.3. The second kappa shape index (κ2) is 5.82. The molecule has 0 atom stereocenters. The molecule has 18 heavy (non-hydrogen) atoms. The summed E-state index contributed by atoms with van der Waals surface area (Å²) in [7, 11) is 1.82. The highest BCUT2D eigenvalue weighted by Crippen LogP contribution is 2.27. The van der Waals surface area contributed by atoms with E-state index in [0.717, 1.165) is 9.35 Å². The Morgan fingerprint density at radius 1 is 1.44 bits per heavy atom. The highest BCUT2D eigenvalue weighted by molar-refractivity contribution is 9.11. The fourth-order valence-electron chi connectivity index (χ4n) is 1.90. The molecule has 1 aromatic carbocycles. The first kappa shape index (κ1) is 13.5. The minimum absolute atomic E-state index is 0.162. The monoisotopic (exact) mass is 329 g/mol. The summed E-state index contributed by atoms with van der Waals surface area (Å²) < 4.78 is 14.9. The summed E-state index contributed by atoms with van der Waals surface area (Å²) in [6, 6.07) is 6.77. The number of nitrogens with zero attached hydrogens (tertiary/aromatic N) is 1. The van der Waals surface area contributed by atoms with E-state index in [1.807, 2.05) is 23.4 Å². The zero-order chi connectivity index (χ0) is 13.1. The molecular formula is C13H13BrFNOS. The first-order valence-corrected chi connectivity index (χ1v) is 7.11. The largest absolute Gasteiger partial charge is 0.392 e. The van der Waals surface area contributed by atoms with Crippen molar-refractivity contribution < 1.29 is 9.50 Å². The number of halogens is 2. The molecule has 0 spiro atoms. The van der Waals surface area contributed by atoms with Crippen molar-refractivity contribution in [3.8, 4) is 0 Å². The molecular weight excluding hydrogens is 317 g/mol. The summed E-state index contributed by atoms with van der Waals surface area (Å²) in [5, 5.41) is 11.3. The molecule has 0 aliphatic rings. The number of benzene rings is 1. The van der Waals surface area contributed by atoms with E-state index in [0.29, 0.717) is 17.8 Å². The quantitative estimate of drug-likeness (QED) is 0.922. The summed E-state index contributed by atoms with van der Waals surface area (Å²) in [5.74, 6) is -0.307. The fraction of sp³-hybridized carbons (Fsp3) is 0.231. The van der Waals surface area contributed by atoms with Gasteiger partial charge < -0.3 is 10.0 Å². The highest BCUT2D eigenvalue weighted by Gasteiger charge is 2.13. The lowest BCUT2D eigenvalue weighted by Crippen LogP contribution is -2.19. The number of aliphatic hydroxyl groups is 1. The SMILES string of the molecule is CN(Cc1csc(Br)c1)c1c(F)cccc1CO. The smallest absolute Gasteiger partial charge is 0.146 e. The molecule has 1 N–H and O–H groups in total. The number of thiophene rings is 1. The second-order valence-corrected chi connectivity index (χ2v) is 6.31. The Balaban J connectivity index is 2.25. The Kier molecular flexibility index (Phi) is 4.37. The number of para-hydroxylation sites is 1. The molecule has 5 heteroatoms. The maximum absolute atomic E-state index is 13.8. The molecule has 0 radical (unpaired) electrons. The normalized spacial score (nSPS) is 10.7. The molecule has 2 aromatic rings. The molecule has 2 nitrogen and oxygen atoms in total. The van der Waals surface area contributed by atoms with Crippen molar-refractivity contribution in [3.63, 3.8) is 0 Å². The molecule has 0 saturated carbocycles. The number of rotatable bonds is 4. The molecule has 0 fully saturated rings. The van der Waals surface area contributed by atoms with Crippen molar-refractivity contribution in [1.29, 1.82) is 0 Å². The van der Waals surface area contributed by atoms with E-state index in [1.165, 1.54) is 6.07 Å². The second-order valence-electron chi connectivity index (χ2n) is 4.02. The minimum atomic E-state index is -0.307. The number of aliphatic hydroxyl groups excluding tert-OH is 1. The van der Waals surface area contributed by atoms with Crippen LogP contribution >= 0.6 is 27.3 Å². The van der Waals surface area contributed by atoms with Crippen LogP contribution in [0.3, 0.4) is 0 Å². The number of anilines is 1. The average molecular weight is 330 g/mol. The van der Waals surface area contributed by atoms with Crippen LogP contribution in [0.4, 0.5) is 10.1 Å². The Morgan fingerprint density at radius 3 is 2.83 bits per heavy atom. The van der Waals surface area contributed by atoms with Gasteiger partial charge in [0.25, 0.3) is 0 Å². The topological polar surface area (TPSA) is 23.5 Å². The van der Waals surface area contributed by atoms with Crippen LogP contribution in [0.2, 0.25) is 0 Å². The van der Waals surface area contributed by atoms with Gasteiger partial charge in [0, 0.05) is 19.2 Å². The van der Waals surface area contributed by atoms with E-state index in [1.54, 1.807) is 23.5 Å². The maximum Gasteiger partial charge on any atom is 0.146 e. The first-order valence-electron chi connectivity index (χ1n) is 5.44. The van der Waals surface area contributed by atoms with Crippen LogP contribution in [0.15, 0.2) is 33.4 Å². The third-order valence-corrected chi connectivity index (χ3v) is 4.22. The lowest BCUT2D eigenvalue weighted by Gasteiger charge is -2.22. The third kappa shape index (κ3) is 2.91. The van der Waals surface area contributed by atoms with Gasteiger partial charge in [0.05, 0.1) is 16.1 Å². The predicted octanol–water partition coefficient (Wildman–Crippen LogP) is 3.78. The van der Waals surface area contributed by atoms with Gasteiger partial charge in [0.1, 0.15) is 5.82 Å². The van der Waals surface area contributed by atoms with Crippen molar-refractivity contribution in [2.75, 3.05) is 11.9 Å². The lowest BCUT2D eigenvalue weighted by molar-refractivity contribution is 0.281. The highest BCUT2D eigenvalue weighted by atomic mass is 79.9. The zero-order valence-electron chi connectivity index (χ0n) is 9.86. The molecule has 2 rings (SSSR count). The van der Waals surface area contributed by atoms with Crippen LogP contribution < -0.4 is 4.90 Å². The van der Waals surface area contributed by atoms with Crippen LogP contribution in [-0.2, 0) is 13.2 Å². The van der Waals surface area contributed by atoms with E-state index in [2.05, 4.69) is 15.9 Å². The maximum atomic E-state index is 13.8. The van der Waals surface area contributed by atoms with Gasteiger partial charge in [-0.15, -0.1) is 11.3 Å². The molecule has 0 unspecified atom stereocenters. The van der Waals surface area contributed by atoms with Gasteiger partial charge in [-0.1, -0.05) is 12.1 Å². The molecule has 0 amide bonds. The van der Waals surface area contributed by atoms with Crippen LogP contribution in [0.1, 0.15) is 11.1 Å². The van der Waals surface area contributed by atoms with Crippen LogP contribution in [-0.4, -0.2) is 12.2 Å². The molecule has 0 aliphatic carbocycles. The Labute approximate surface area is 118 Å². The minimum Gasteiger partial charge on any atom is -0.392 e. The third-order valence-electron chi connectivity index (χ3n) is 2.66. The summed E-state index contributed by atoms with van der Waals surface area (Å²) in [4.78, 5) is 1.81. The van der Waals surface area contributed by atoms with Crippen molar-refractivity contribution in [3.05, 3.63) is 50.4 Å². The van der Waals surface area contributed by atoms with Crippen molar-refractivity contribution in [1.82, 2.24) is 0 Å². The molecule has 0 bridgehead atoms. The number of hydrogen-bond donors (Lipinski definition) is 1. The van der Waals surface area contributed by atoms with Gasteiger partial charge in [-0.25, -0.2) is 4.39 Å². The average Bonchev–Trinajstić information content (AvgIpc) is 2.74. The lowest BCUT2D eigenvalue weighted by atomic mass is 10.1. The van der Waals surface area contributed by atoms with Gasteiger partial charge in [-0.05, 0) is 39.0 Å². The van der Waals surface area contributed by atoms with Crippen molar-refractivity contribution in [2.45, 2.75) is 13.2 Å². The molecule has 0 saturated heterocycles. The van der Waals surface area contributed by atoms with Crippen LogP contribution in [0, 0.1) is 5.82 Å². The van der Waals surface area contributed by atoms with Gasteiger partial charge in [-0.3, -0.25) is 0 Å². The van der Waals surface area contributed by atoms with E-state index in [-0.39, 0.29) is 12.4 Å². The van der Waals surface area contributed by atoms with Gasteiger partial charge in [0.2, 0.25) is 0 Å². The van der Waals surface area contributed by atoms with Crippen LogP contribution in [0.5, 0.6) is 0 Å². The standard InChI is InChI=1S/C13H13BrFNOS/c1-16(6-9-5-12(14)18-8-9)13-10(7-17)3-2-4-11(13)15/h2-5,8,17H,6-7H2,1H3. The Morgan fingerprint density at radius 2 is 2.22 bits per heavy atom.